The van der Waals surface area contributed by atoms with Gasteiger partial charge in [-0.2, -0.15) is 4.39 Å². The maximum Gasteiger partial charge on any atom is 0.256 e. The molecule has 3 N–H and O–H groups in total. The molecule has 9 nitrogen and oxygen atoms in total. The van der Waals surface area contributed by atoms with Gasteiger partial charge in [0.15, 0.2) is 0 Å². The standard InChI is InChI=1S/C29H27F2N7O2/c30-21-11-17(29(40)35-23-12-16(9-10-33-23)15-1-2-15)4-7-20(21)25-26-27(32)34-13-22(31)38(26)28(36-25)18-3-5-19-6-8-24(39)37(19)14-18/h4,7,9-13,15,18-19H,1-3,5-6,8,14H2,(H2,32,34)(H,33,35,40)/t18-,19+/m1/s1. The summed E-state index contributed by atoms with van der Waals surface area (Å²) in [7, 11) is 0. The number of fused-ring (bicyclic) bond motifs is 2. The van der Waals surface area contributed by atoms with Crippen LogP contribution >= 0.6 is 0 Å². The Hall–Kier alpha value is -4.41. The quantitative estimate of drug-likeness (QED) is 0.378. The molecule has 2 aliphatic heterocycles. The van der Waals surface area contributed by atoms with Gasteiger partial charge >= 0.3 is 0 Å². The number of pyridine rings is 1. The number of carbonyl (C=O) groups is 2. The number of amides is 2. The zero-order chi connectivity index (χ0) is 27.5. The maximum absolute atomic E-state index is 15.6. The minimum atomic E-state index is -0.707. The summed E-state index contributed by atoms with van der Waals surface area (Å²) < 4.78 is 32.1. The Morgan fingerprint density at radius 1 is 1.02 bits per heavy atom. The van der Waals surface area contributed by atoms with Crippen molar-refractivity contribution in [3.8, 4) is 11.3 Å². The fraction of sp³-hybridized carbons (Fsp3) is 0.345. The van der Waals surface area contributed by atoms with Crippen LogP contribution < -0.4 is 11.1 Å². The normalized spacial score (nSPS) is 20.6. The number of aromatic nitrogens is 4. The molecule has 0 spiro atoms. The molecule has 1 aliphatic carbocycles. The van der Waals surface area contributed by atoms with Gasteiger partial charge in [-0.3, -0.25) is 14.0 Å². The van der Waals surface area contributed by atoms with Crippen molar-refractivity contribution in [1.29, 1.82) is 0 Å². The first-order chi connectivity index (χ1) is 19.4. The largest absolute Gasteiger partial charge is 0.382 e. The van der Waals surface area contributed by atoms with Gasteiger partial charge in [-0.05, 0) is 73.9 Å². The summed E-state index contributed by atoms with van der Waals surface area (Å²) >= 11 is 0. The molecule has 40 heavy (non-hydrogen) atoms. The number of halogens is 2. The Balaban J connectivity index is 1.22. The van der Waals surface area contributed by atoms with Gasteiger partial charge in [-0.15, -0.1) is 0 Å². The molecular formula is C29H27F2N7O2. The van der Waals surface area contributed by atoms with Crippen molar-refractivity contribution in [2.75, 3.05) is 17.6 Å². The minimum Gasteiger partial charge on any atom is -0.382 e. The summed E-state index contributed by atoms with van der Waals surface area (Å²) in [5.41, 5.74) is 7.75. The van der Waals surface area contributed by atoms with E-state index in [-0.39, 0.29) is 46.0 Å². The lowest BCUT2D eigenvalue weighted by atomic mass is 9.92. The molecule has 1 saturated carbocycles. The van der Waals surface area contributed by atoms with Crippen molar-refractivity contribution in [3.63, 3.8) is 0 Å². The molecular weight excluding hydrogens is 516 g/mol. The summed E-state index contributed by atoms with van der Waals surface area (Å²) in [6.07, 6.45) is 7.76. The zero-order valence-electron chi connectivity index (χ0n) is 21.6. The molecule has 3 fully saturated rings. The number of rotatable bonds is 5. The fourth-order valence-electron chi connectivity index (χ4n) is 6.09. The third kappa shape index (κ3) is 4.16. The molecule has 2 amide bonds. The van der Waals surface area contributed by atoms with Gasteiger partial charge in [0.1, 0.15) is 34.5 Å². The van der Waals surface area contributed by atoms with E-state index in [1.807, 2.05) is 17.0 Å². The Kier molecular flexibility index (Phi) is 5.76. The maximum atomic E-state index is 15.6. The van der Waals surface area contributed by atoms with E-state index in [1.165, 1.54) is 16.5 Å². The number of carbonyl (C=O) groups excluding carboxylic acids is 2. The van der Waals surface area contributed by atoms with Crippen LogP contribution in [0.2, 0.25) is 0 Å². The van der Waals surface area contributed by atoms with Gasteiger partial charge in [0, 0.05) is 42.2 Å². The van der Waals surface area contributed by atoms with E-state index in [0.717, 1.165) is 43.5 Å². The monoisotopic (exact) mass is 543 g/mol. The van der Waals surface area contributed by atoms with Crippen LogP contribution in [0, 0.1) is 11.8 Å². The molecule has 11 heteroatoms. The van der Waals surface area contributed by atoms with E-state index in [2.05, 4.69) is 15.3 Å². The van der Waals surface area contributed by atoms with E-state index in [1.54, 1.807) is 6.20 Å². The highest BCUT2D eigenvalue weighted by Gasteiger charge is 2.39. The number of hydrogen-bond acceptors (Lipinski definition) is 6. The highest BCUT2D eigenvalue weighted by molar-refractivity contribution is 6.04. The lowest BCUT2D eigenvalue weighted by Gasteiger charge is -2.34. The summed E-state index contributed by atoms with van der Waals surface area (Å²) in [5, 5.41) is 2.73. The molecule has 3 aliphatic rings. The van der Waals surface area contributed by atoms with E-state index < -0.39 is 17.7 Å². The molecule has 1 aromatic carbocycles. The molecule has 4 aromatic rings. The number of piperidine rings is 1. The number of anilines is 2. The van der Waals surface area contributed by atoms with Crippen molar-refractivity contribution >= 4 is 29.0 Å². The van der Waals surface area contributed by atoms with Crippen LogP contribution in [0.5, 0.6) is 0 Å². The number of nitrogens with two attached hydrogens (primary N) is 1. The highest BCUT2D eigenvalue weighted by Crippen LogP contribution is 2.41. The van der Waals surface area contributed by atoms with E-state index in [9.17, 15) is 9.59 Å². The summed E-state index contributed by atoms with van der Waals surface area (Å²) in [4.78, 5) is 40.0. The summed E-state index contributed by atoms with van der Waals surface area (Å²) in [6, 6.07) is 8.02. The third-order valence-corrected chi connectivity index (χ3v) is 8.31. The predicted octanol–water partition coefficient (Wildman–Crippen LogP) is 4.65. The van der Waals surface area contributed by atoms with Crippen molar-refractivity contribution < 1.29 is 18.4 Å². The lowest BCUT2D eigenvalue weighted by Crippen LogP contribution is -2.41. The second-order valence-corrected chi connectivity index (χ2v) is 10.9. The van der Waals surface area contributed by atoms with Gasteiger partial charge in [0.2, 0.25) is 11.9 Å². The molecule has 0 radical (unpaired) electrons. The highest BCUT2D eigenvalue weighted by atomic mass is 19.1. The Bertz CT molecular complexity index is 1680. The summed E-state index contributed by atoms with van der Waals surface area (Å²) in [6.45, 7) is 0.418. The fourth-order valence-corrected chi connectivity index (χ4v) is 6.09. The SMILES string of the molecule is Nc1ncc(F)n2c([C@@H]3CC[C@H]4CCC(=O)N4C3)nc(-c3ccc(C(=O)Nc4cc(C5CC5)ccn4)cc3F)c12. The Labute approximate surface area is 228 Å². The lowest BCUT2D eigenvalue weighted by molar-refractivity contribution is -0.130. The number of hydrogen-bond donors (Lipinski definition) is 2. The van der Waals surface area contributed by atoms with Crippen LogP contribution in [0.3, 0.4) is 0 Å². The first kappa shape index (κ1) is 24.6. The second-order valence-electron chi connectivity index (χ2n) is 10.9. The van der Waals surface area contributed by atoms with Crippen molar-refractivity contribution in [2.45, 2.75) is 56.4 Å². The number of nitrogens with zero attached hydrogens (tertiary/aromatic N) is 5. The van der Waals surface area contributed by atoms with Crippen LogP contribution in [0.1, 0.15) is 72.1 Å². The molecule has 5 heterocycles. The Morgan fingerprint density at radius 2 is 1.85 bits per heavy atom. The van der Waals surface area contributed by atoms with Gasteiger partial charge in [0.05, 0.1) is 6.20 Å². The molecule has 204 valence electrons. The van der Waals surface area contributed by atoms with E-state index in [4.69, 9.17) is 10.7 Å². The Morgan fingerprint density at radius 3 is 2.65 bits per heavy atom. The van der Waals surface area contributed by atoms with Crippen molar-refractivity contribution in [3.05, 3.63) is 71.4 Å². The molecule has 0 bridgehead atoms. The van der Waals surface area contributed by atoms with E-state index in [0.29, 0.717) is 36.9 Å². The van der Waals surface area contributed by atoms with Gasteiger partial charge < -0.3 is 16.0 Å². The average Bonchev–Trinajstić information content (AvgIpc) is 3.64. The molecule has 2 saturated heterocycles. The van der Waals surface area contributed by atoms with Crippen molar-refractivity contribution in [1.82, 2.24) is 24.3 Å². The van der Waals surface area contributed by atoms with Crippen LogP contribution in [0.15, 0.2) is 42.7 Å². The zero-order valence-corrected chi connectivity index (χ0v) is 21.6. The minimum absolute atomic E-state index is 0.00363. The molecule has 2 atom stereocenters. The average molecular weight is 544 g/mol. The third-order valence-electron chi connectivity index (χ3n) is 8.31. The smallest absolute Gasteiger partial charge is 0.256 e. The van der Waals surface area contributed by atoms with Gasteiger partial charge in [0.25, 0.3) is 5.91 Å². The number of nitrogens with one attached hydrogen (secondary N) is 1. The second kappa shape index (κ2) is 9.35. The number of benzene rings is 1. The topological polar surface area (TPSA) is 119 Å². The molecule has 0 unspecified atom stereocenters. The molecule has 3 aromatic heterocycles. The summed E-state index contributed by atoms with van der Waals surface area (Å²) in [5.74, 6) is -0.755. The van der Waals surface area contributed by atoms with Crippen LogP contribution in [-0.4, -0.2) is 48.7 Å². The predicted molar refractivity (Wildman–Crippen MR) is 144 cm³/mol. The first-order valence-electron chi connectivity index (χ1n) is 13.6. The first-order valence-corrected chi connectivity index (χ1v) is 13.6. The van der Waals surface area contributed by atoms with Gasteiger partial charge in [-0.1, -0.05) is 0 Å². The van der Waals surface area contributed by atoms with Crippen LogP contribution in [0.4, 0.5) is 20.4 Å². The molecule has 7 rings (SSSR count). The van der Waals surface area contributed by atoms with Crippen LogP contribution in [-0.2, 0) is 4.79 Å². The number of nitrogen functional groups attached to an aromatic ring is 1. The van der Waals surface area contributed by atoms with E-state index >= 15 is 8.78 Å². The number of imidazole rings is 1. The van der Waals surface area contributed by atoms with Crippen molar-refractivity contribution in [2.24, 2.45) is 0 Å². The van der Waals surface area contributed by atoms with Crippen LogP contribution in [0.25, 0.3) is 16.8 Å². The van der Waals surface area contributed by atoms with Gasteiger partial charge in [-0.25, -0.2) is 19.3 Å².